The fraction of sp³-hybridized carbons (Fsp3) is 0.562. The minimum Gasteiger partial charge on any atom is -0.353 e. The molecule has 0 radical (unpaired) electrons. The van der Waals surface area contributed by atoms with Crippen LogP contribution in [-0.2, 0) is 0 Å². The number of rotatable bonds is 4. The van der Waals surface area contributed by atoms with Gasteiger partial charge in [0.15, 0.2) is 0 Å². The average Bonchev–Trinajstić information content (AvgIpc) is 2.90. The molecule has 0 unspecified atom stereocenters. The first-order valence-corrected chi connectivity index (χ1v) is 8.72. The van der Waals surface area contributed by atoms with Crippen LogP contribution >= 0.6 is 11.5 Å². The summed E-state index contributed by atoms with van der Waals surface area (Å²) in [6.45, 7) is 6.99. The van der Waals surface area contributed by atoms with E-state index < -0.39 is 0 Å². The molecule has 2 aliphatic heterocycles. The fourth-order valence-corrected chi connectivity index (χ4v) is 4.01. The number of fused-ring (bicyclic) bond motifs is 1. The summed E-state index contributed by atoms with van der Waals surface area (Å²) in [5, 5.41) is 4.81. The summed E-state index contributed by atoms with van der Waals surface area (Å²) in [4.78, 5) is 5.06. The second-order valence-corrected chi connectivity index (χ2v) is 6.86. The molecule has 2 aromatic rings. The van der Waals surface area contributed by atoms with Crippen molar-refractivity contribution in [2.45, 2.75) is 18.9 Å². The quantitative estimate of drug-likeness (QED) is 0.938. The maximum absolute atomic E-state index is 4.68. The van der Waals surface area contributed by atoms with Gasteiger partial charge in [0.1, 0.15) is 5.82 Å². The molecule has 4 rings (SSSR count). The smallest absolute Gasteiger partial charge is 0.150 e. The monoisotopic (exact) mass is 302 g/mol. The van der Waals surface area contributed by atoms with E-state index in [-0.39, 0.29) is 0 Å². The van der Waals surface area contributed by atoms with Gasteiger partial charge in [-0.1, -0.05) is 12.1 Å². The van der Waals surface area contributed by atoms with Crippen molar-refractivity contribution in [1.82, 2.24) is 14.6 Å². The van der Waals surface area contributed by atoms with Crippen LogP contribution in [0.4, 0.5) is 5.82 Å². The second-order valence-electron chi connectivity index (χ2n) is 6.06. The summed E-state index contributed by atoms with van der Waals surface area (Å²) < 4.78 is 5.98. The Morgan fingerprint density at radius 3 is 2.76 bits per heavy atom. The van der Waals surface area contributed by atoms with Gasteiger partial charge in [-0.05, 0) is 49.6 Å². The number of nitrogens with zero attached hydrogens (tertiary/aromatic N) is 3. The molecule has 112 valence electrons. The summed E-state index contributed by atoms with van der Waals surface area (Å²) in [6, 6.07) is 9.35. The van der Waals surface area contributed by atoms with Gasteiger partial charge >= 0.3 is 0 Å². The van der Waals surface area contributed by atoms with E-state index in [9.17, 15) is 0 Å². The Balaban J connectivity index is 1.36. The van der Waals surface area contributed by atoms with E-state index in [1.54, 1.807) is 11.5 Å². The zero-order chi connectivity index (χ0) is 14.1. The molecule has 1 aromatic carbocycles. The lowest BCUT2D eigenvalue weighted by Crippen LogP contribution is -2.49. The van der Waals surface area contributed by atoms with Crippen molar-refractivity contribution in [1.29, 1.82) is 0 Å². The molecule has 0 spiro atoms. The molecule has 0 aliphatic carbocycles. The minimum absolute atomic E-state index is 0.783. The lowest BCUT2D eigenvalue weighted by Gasteiger charge is -2.36. The Hall–Kier alpha value is -1.17. The molecule has 0 bridgehead atoms. The van der Waals surface area contributed by atoms with Crippen LogP contribution in [0.25, 0.3) is 10.1 Å². The van der Waals surface area contributed by atoms with Crippen molar-refractivity contribution in [2.75, 3.05) is 44.2 Å². The molecule has 2 fully saturated rings. The minimum atomic E-state index is 0.783. The largest absolute Gasteiger partial charge is 0.353 e. The molecule has 1 atom stereocenters. The van der Waals surface area contributed by atoms with Gasteiger partial charge in [0.05, 0.1) is 4.70 Å². The summed E-state index contributed by atoms with van der Waals surface area (Å²) in [5.41, 5.74) is 0. The summed E-state index contributed by atoms with van der Waals surface area (Å²) >= 11 is 1.62. The number of aromatic nitrogens is 1. The van der Waals surface area contributed by atoms with Gasteiger partial charge in [0.2, 0.25) is 0 Å². The third kappa shape index (κ3) is 2.78. The third-order valence-electron chi connectivity index (χ3n) is 4.75. The van der Waals surface area contributed by atoms with Crippen LogP contribution in [0.2, 0.25) is 0 Å². The number of hydrogen-bond donors (Lipinski definition) is 1. The second kappa shape index (κ2) is 5.91. The topological polar surface area (TPSA) is 31.4 Å². The molecule has 4 nitrogen and oxygen atoms in total. The van der Waals surface area contributed by atoms with Crippen molar-refractivity contribution in [3.63, 3.8) is 0 Å². The zero-order valence-electron chi connectivity index (χ0n) is 12.3. The molecule has 1 N–H and O–H groups in total. The van der Waals surface area contributed by atoms with Crippen LogP contribution in [0, 0.1) is 0 Å². The third-order valence-corrected chi connectivity index (χ3v) is 5.57. The summed E-state index contributed by atoms with van der Waals surface area (Å²) in [5.74, 6) is 1.19. The van der Waals surface area contributed by atoms with E-state index in [4.69, 9.17) is 0 Å². The lowest BCUT2D eigenvalue weighted by atomic mass is 10.0. The van der Waals surface area contributed by atoms with Crippen molar-refractivity contribution in [3.05, 3.63) is 24.3 Å². The fourth-order valence-electron chi connectivity index (χ4n) is 3.22. The van der Waals surface area contributed by atoms with Gasteiger partial charge in [-0.2, -0.15) is 4.37 Å². The van der Waals surface area contributed by atoms with Crippen LogP contribution in [-0.4, -0.2) is 54.6 Å². The number of piperazine rings is 1. The molecule has 1 aromatic heterocycles. The van der Waals surface area contributed by atoms with Gasteiger partial charge in [-0.3, -0.25) is 4.90 Å². The standard InChI is InChI=1S/C16H22N4S/c1-2-4-15-14(3-1)16(18-21-15)20-11-9-19(10-12-20)8-6-13-5-7-17-13/h1-4,13,17H,5-12H2/t13-/m0/s1. The van der Waals surface area contributed by atoms with E-state index in [0.29, 0.717) is 0 Å². The zero-order valence-corrected chi connectivity index (χ0v) is 13.1. The van der Waals surface area contributed by atoms with Gasteiger partial charge in [-0.25, -0.2) is 0 Å². The highest BCUT2D eigenvalue weighted by molar-refractivity contribution is 7.13. The van der Waals surface area contributed by atoms with Gasteiger partial charge in [-0.15, -0.1) is 0 Å². The summed E-state index contributed by atoms with van der Waals surface area (Å²) in [6.07, 6.45) is 2.67. The number of anilines is 1. The molecular weight excluding hydrogens is 280 g/mol. The first-order chi connectivity index (χ1) is 10.4. The highest BCUT2D eigenvalue weighted by atomic mass is 32.1. The predicted octanol–water partition coefficient (Wildman–Crippen LogP) is 2.17. The van der Waals surface area contributed by atoms with Crippen LogP contribution in [0.15, 0.2) is 24.3 Å². The maximum atomic E-state index is 4.68. The first-order valence-electron chi connectivity index (χ1n) is 7.95. The molecular formula is C16H22N4S. The highest BCUT2D eigenvalue weighted by Gasteiger charge is 2.22. The van der Waals surface area contributed by atoms with E-state index >= 15 is 0 Å². The Bertz CT molecular complexity index is 599. The first kappa shape index (κ1) is 13.5. The van der Waals surface area contributed by atoms with Gasteiger partial charge in [0.25, 0.3) is 0 Å². The molecule has 21 heavy (non-hydrogen) atoms. The predicted molar refractivity (Wildman–Crippen MR) is 89.3 cm³/mol. The van der Waals surface area contributed by atoms with E-state index in [0.717, 1.165) is 19.1 Å². The molecule has 5 heteroatoms. The molecule has 3 heterocycles. The normalized spacial score (nSPS) is 23.4. The Labute approximate surface area is 129 Å². The maximum Gasteiger partial charge on any atom is 0.150 e. The molecule has 2 aliphatic rings. The van der Waals surface area contributed by atoms with E-state index in [2.05, 4.69) is 43.8 Å². The van der Waals surface area contributed by atoms with E-state index in [1.165, 1.54) is 54.9 Å². The number of nitrogens with one attached hydrogen (secondary N) is 1. The SMILES string of the molecule is c1ccc2c(N3CCN(CC[C@@H]4CCN4)CC3)nsc2c1. The Morgan fingerprint density at radius 2 is 2.00 bits per heavy atom. The van der Waals surface area contributed by atoms with Crippen molar-refractivity contribution >= 4 is 27.4 Å². The Kier molecular flexibility index (Phi) is 3.80. The van der Waals surface area contributed by atoms with Crippen LogP contribution in [0.3, 0.4) is 0 Å². The molecule has 0 saturated carbocycles. The van der Waals surface area contributed by atoms with Crippen molar-refractivity contribution < 1.29 is 0 Å². The highest BCUT2D eigenvalue weighted by Crippen LogP contribution is 2.29. The van der Waals surface area contributed by atoms with Gasteiger partial charge < -0.3 is 10.2 Å². The molecule has 0 amide bonds. The van der Waals surface area contributed by atoms with Crippen molar-refractivity contribution in [3.8, 4) is 0 Å². The van der Waals surface area contributed by atoms with Gasteiger partial charge in [0, 0.05) is 37.6 Å². The van der Waals surface area contributed by atoms with Crippen LogP contribution in [0.1, 0.15) is 12.8 Å². The van der Waals surface area contributed by atoms with E-state index in [1.807, 2.05) is 0 Å². The number of hydrogen-bond acceptors (Lipinski definition) is 5. The van der Waals surface area contributed by atoms with Crippen molar-refractivity contribution in [2.24, 2.45) is 0 Å². The Morgan fingerprint density at radius 1 is 1.19 bits per heavy atom. The van der Waals surface area contributed by atoms with Crippen LogP contribution in [0.5, 0.6) is 0 Å². The summed E-state index contributed by atoms with van der Waals surface area (Å²) in [7, 11) is 0. The van der Waals surface area contributed by atoms with Crippen LogP contribution < -0.4 is 10.2 Å². The molecule has 2 saturated heterocycles. The average molecular weight is 302 g/mol. The number of benzene rings is 1. The lowest BCUT2D eigenvalue weighted by molar-refractivity contribution is 0.225.